The van der Waals surface area contributed by atoms with Crippen molar-refractivity contribution in [2.45, 2.75) is 0 Å². The molecular formula is C6H3BrO4. The van der Waals surface area contributed by atoms with Crippen LogP contribution in [0.4, 0.5) is 0 Å². The van der Waals surface area contributed by atoms with Crippen molar-refractivity contribution >= 4 is 28.2 Å². The molecule has 0 aliphatic rings. The van der Waals surface area contributed by atoms with Crippen molar-refractivity contribution in [3.05, 3.63) is 22.1 Å². The van der Waals surface area contributed by atoms with Crippen LogP contribution in [0.3, 0.4) is 0 Å². The van der Waals surface area contributed by atoms with Gasteiger partial charge in [0, 0.05) is 6.07 Å². The summed E-state index contributed by atoms with van der Waals surface area (Å²) in [6.07, 6.45) is 0.441. The maximum atomic E-state index is 10.3. The zero-order valence-electron chi connectivity index (χ0n) is 5.20. The Hall–Kier alpha value is -1.10. The van der Waals surface area contributed by atoms with Crippen LogP contribution in [0.5, 0.6) is 0 Å². The van der Waals surface area contributed by atoms with E-state index in [1.807, 2.05) is 0 Å². The minimum Gasteiger partial charge on any atom is -0.475 e. The first-order chi connectivity index (χ1) is 5.15. The van der Waals surface area contributed by atoms with Crippen molar-refractivity contribution < 1.29 is 19.1 Å². The molecule has 0 saturated carbocycles. The molecule has 0 spiro atoms. The molecule has 0 bridgehead atoms. The van der Waals surface area contributed by atoms with Crippen molar-refractivity contribution in [2.24, 2.45) is 0 Å². The summed E-state index contributed by atoms with van der Waals surface area (Å²) in [6.45, 7) is 0. The van der Waals surface area contributed by atoms with Crippen LogP contribution < -0.4 is 0 Å². The second-order valence-electron chi connectivity index (χ2n) is 1.75. The Kier molecular flexibility index (Phi) is 2.09. The predicted molar refractivity (Wildman–Crippen MR) is 38.8 cm³/mol. The second-order valence-corrected chi connectivity index (χ2v) is 2.60. The molecule has 0 radical (unpaired) electrons. The highest BCUT2D eigenvalue weighted by molar-refractivity contribution is 9.10. The predicted octanol–water partition coefficient (Wildman–Crippen LogP) is 1.55. The second kappa shape index (κ2) is 2.87. The molecule has 0 fully saturated rings. The number of carbonyl (C=O) groups excluding carboxylic acids is 1. The number of carboxylic acids is 1. The minimum atomic E-state index is -1.20. The Labute approximate surface area is 69.9 Å². The number of furan rings is 1. The van der Waals surface area contributed by atoms with Gasteiger partial charge in [-0.3, -0.25) is 4.79 Å². The van der Waals surface area contributed by atoms with E-state index in [-0.39, 0.29) is 11.5 Å². The third-order valence-electron chi connectivity index (χ3n) is 1.03. The quantitative estimate of drug-likeness (QED) is 0.766. The standard InChI is InChI=1S/C6H3BrO4/c7-3-1-4(6(9)10)11-5(3)2-8/h1-2H,(H,9,10). The zero-order valence-corrected chi connectivity index (χ0v) is 6.79. The highest BCUT2D eigenvalue weighted by Crippen LogP contribution is 2.19. The third-order valence-corrected chi connectivity index (χ3v) is 1.65. The number of rotatable bonds is 2. The van der Waals surface area contributed by atoms with Crippen LogP contribution in [0.2, 0.25) is 0 Å². The lowest BCUT2D eigenvalue weighted by molar-refractivity contribution is 0.0661. The van der Waals surface area contributed by atoms with Gasteiger partial charge in [-0.25, -0.2) is 4.79 Å². The number of carbonyl (C=O) groups is 2. The molecule has 1 aromatic heterocycles. The van der Waals surface area contributed by atoms with Gasteiger partial charge in [-0.15, -0.1) is 0 Å². The molecule has 1 rings (SSSR count). The van der Waals surface area contributed by atoms with Gasteiger partial charge in [-0.05, 0) is 15.9 Å². The van der Waals surface area contributed by atoms with E-state index in [1.165, 1.54) is 6.07 Å². The summed E-state index contributed by atoms with van der Waals surface area (Å²) in [5, 5.41) is 8.39. The lowest BCUT2D eigenvalue weighted by atomic mass is 10.4. The SMILES string of the molecule is O=Cc1oc(C(=O)O)cc1Br. The summed E-state index contributed by atoms with van der Waals surface area (Å²) >= 11 is 2.96. The Morgan fingerprint density at radius 3 is 2.64 bits per heavy atom. The molecule has 11 heavy (non-hydrogen) atoms. The molecule has 0 atom stereocenters. The fourth-order valence-corrected chi connectivity index (χ4v) is 0.951. The molecule has 0 aliphatic carbocycles. The molecule has 4 nitrogen and oxygen atoms in total. The summed E-state index contributed by atoms with van der Waals surface area (Å²) in [7, 11) is 0. The highest BCUT2D eigenvalue weighted by atomic mass is 79.9. The van der Waals surface area contributed by atoms with E-state index in [9.17, 15) is 9.59 Å². The van der Waals surface area contributed by atoms with Crippen LogP contribution >= 0.6 is 15.9 Å². The maximum absolute atomic E-state index is 10.3. The number of halogens is 1. The van der Waals surface area contributed by atoms with Crippen LogP contribution in [0, 0.1) is 0 Å². The van der Waals surface area contributed by atoms with Gasteiger partial charge in [-0.1, -0.05) is 0 Å². The van der Waals surface area contributed by atoms with Gasteiger partial charge in [0.2, 0.25) is 5.76 Å². The number of carboxylic acid groups (broad SMARTS) is 1. The van der Waals surface area contributed by atoms with E-state index in [0.717, 1.165) is 0 Å². The lowest BCUT2D eigenvalue weighted by Gasteiger charge is -1.81. The summed E-state index contributed by atoms with van der Waals surface area (Å²) < 4.78 is 4.96. The Balaban J connectivity index is 3.14. The summed E-state index contributed by atoms with van der Waals surface area (Å²) in [4.78, 5) is 20.4. The number of hydrogen-bond acceptors (Lipinski definition) is 3. The molecule has 1 N–H and O–H groups in total. The average Bonchev–Trinajstić information content (AvgIpc) is 2.31. The van der Waals surface area contributed by atoms with Gasteiger partial charge >= 0.3 is 5.97 Å². The fraction of sp³-hybridized carbons (Fsp3) is 0. The minimum absolute atomic E-state index is 0.0117. The van der Waals surface area contributed by atoms with E-state index in [2.05, 4.69) is 20.3 Å². The van der Waals surface area contributed by atoms with E-state index >= 15 is 0 Å². The maximum Gasteiger partial charge on any atom is 0.371 e. The first-order valence-electron chi connectivity index (χ1n) is 2.63. The van der Waals surface area contributed by atoms with Gasteiger partial charge in [-0.2, -0.15) is 0 Å². The molecule has 0 amide bonds. The molecular weight excluding hydrogens is 216 g/mol. The van der Waals surface area contributed by atoms with Gasteiger partial charge in [0.05, 0.1) is 4.47 Å². The summed E-state index contributed by atoms with van der Waals surface area (Å²) in [5.74, 6) is -1.46. The average molecular weight is 219 g/mol. The van der Waals surface area contributed by atoms with Crippen LogP contribution in [0.25, 0.3) is 0 Å². The molecule has 0 unspecified atom stereocenters. The zero-order chi connectivity index (χ0) is 8.43. The Bertz CT molecular complexity index is 302. The van der Waals surface area contributed by atoms with E-state index in [1.54, 1.807) is 0 Å². The molecule has 0 aromatic carbocycles. The van der Waals surface area contributed by atoms with Gasteiger partial charge in [0.1, 0.15) is 0 Å². The molecule has 0 saturated heterocycles. The highest BCUT2D eigenvalue weighted by Gasteiger charge is 2.12. The van der Waals surface area contributed by atoms with Gasteiger partial charge < -0.3 is 9.52 Å². The summed E-state index contributed by atoms with van der Waals surface area (Å²) in [6, 6.07) is 1.23. The van der Waals surface area contributed by atoms with Crippen LogP contribution in [0.15, 0.2) is 15.0 Å². The first-order valence-corrected chi connectivity index (χ1v) is 3.42. The molecule has 1 aromatic rings. The van der Waals surface area contributed by atoms with Crippen molar-refractivity contribution in [1.82, 2.24) is 0 Å². The largest absolute Gasteiger partial charge is 0.475 e. The Morgan fingerprint density at radius 1 is 1.73 bits per heavy atom. The number of hydrogen-bond donors (Lipinski definition) is 1. The van der Waals surface area contributed by atoms with E-state index < -0.39 is 5.97 Å². The lowest BCUT2D eigenvalue weighted by Crippen LogP contribution is -1.91. The van der Waals surface area contributed by atoms with Crippen molar-refractivity contribution in [3.8, 4) is 0 Å². The van der Waals surface area contributed by atoms with Crippen LogP contribution in [0.1, 0.15) is 21.1 Å². The molecule has 5 heteroatoms. The topological polar surface area (TPSA) is 67.5 Å². The fourth-order valence-electron chi connectivity index (χ4n) is 0.569. The summed E-state index contributed by atoms with van der Waals surface area (Å²) in [5.41, 5.74) is 0. The van der Waals surface area contributed by atoms with Crippen molar-refractivity contribution in [2.75, 3.05) is 0 Å². The van der Waals surface area contributed by atoms with E-state index in [4.69, 9.17) is 5.11 Å². The van der Waals surface area contributed by atoms with E-state index in [0.29, 0.717) is 10.8 Å². The van der Waals surface area contributed by atoms with Crippen molar-refractivity contribution in [1.29, 1.82) is 0 Å². The third kappa shape index (κ3) is 1.48. The van der Waals surface area contributed by atoms with Crippen molar-refractivity contribution in [3.63, 3.8) is 0 Å². The molecule has 58 valence electrons. The first kappa shape index (κ1) is 8.00. The normalized spacial score (nSPS) is 9.55. The number of aromatic carboxylic acids is 1. The van der Waals surface area contributed by atoms with Crippen LogP contribution in [-0.4, -0.2) is 17.4 Å². The monoisotopic (exact) mass is 218 g/mol. The van der Waals surface area contributed by atoms with Gasteiger partial charge in [0.15, 0.2) is 12.0 Å². The molecule has 0 aliphatic heterocycles. The smallest absolute Gasteiger partial charge is 0.371 e. The Morgan fingerprint density at radius 2 is 2.36 bits per heavy atom. The molecule has 1 heterocycles. The number of aldehydes is 1. The van der Waals surface area contributed by atoms with Gasteiger partial charge in [0.25, 0.3) is 0 Å². The van der Waals surface area contributed by atoms with Crippen LogP contribution in [-0.2, 0) is 0 Å².